The first-order valence-electron chi connectivity index (χ1n) is 8.60. The van der Waals surface area contributed by atoms with E-state index in [1.807, 2.05) is 0 Å². The summed E-state index contributed by atoms with van der Waals surface area (Å²) in [6.07, 6.45) is 0. The highest BCUT2D eigenvalue weighted by molar-refractivity contribution is 7.89. The molecule has 2 aromatic rings. The SMILES string of the molecule is COc1ccc(C(=O)NC(C)(C)c2noc(C)n2)cc1S(=O)(=O)NC(C)(C)C. The predicted molar refractivity (Wildman–Crippen MR) is 103 cm³/mol. The smallest absolute Gasteiger partial charge is 0.252 e. The molecule has 10 heteroatoms. The quantitative estimate of drug-likeness (QED) is 0.747. The molecule has 0 saturated heterocycles. The molecule has 2 N–H and O–H groups in total. The molecule has 28 heavy (non-hydrogen) atoms. The predicted octanol–water partition coefficient (Wildman–Crippen LogP) is 2.13. The molecular formula is C18H26N4O5S. The fourth-order valence-corrected chi connectivity index (χ4v) is 4.07. The van der Waals surface area contributed by atoms with Gasteiger partial charge in [-0.05, 0) is 52.8 Å². The third kappa shape index (κ3) is 5.08. The van der Waals surface area contributed by atoms with Gasteiger partial charge < -0.3 is 14.6 Å². The van der Waals surface area contributed by atoms with Crippen LogP contribution in [0.3, 0.4) is 0 Å². The lowest BCUT2D eigenvalue weighted by Crippen LogP contribution is -2.42. The van der Waals surface area contributed by atoms with Gasteiger partial charge in [0.2, 0.25) is 15.9 Å². The summed E-state index contributed by atoms with van der Waals surface area (Å²) >= 11 is 0. The number of nitrogens with zero attached hydrogens (tertiary/aromatic N) is 2. The Morgan fingerprint density at radius 2 is 1.82 bits per heavy atom. The first-order chi connectivity index (χ1) is 12.7. The zero-order valence-corrected chi connectivity index (χ0v) is 17.9. The van der Waals surface area contributed by atoms with Crippen LogP contribution in [0.1, 0.15) is 56.7 Å². The van der Waals surface area contributed by atoms with E-state index in [-0.39, 0.29) is 16.2 Å². The molecule has 2 rings (SSSR count). The number of nitrogens with one attached hydrogen (secondary N) is 2. The average Bonchev–Trinajstić information content (AvgIpc) is 2.99. The number of aryl methyl sites for hydroxylation is 1. The van der Waals surface area contributed by atoms with Crippen LogP contribution in [-0.2, 0) is 15.6 Å². The summed E-state index contributed by atoms with van der Waals surface area (Å²) in [7, 11) is -2.54. The van der Waals surface area contributed by atoms with E-state index in [0.29, 0.717) is 11.7 Å². The zero-order chi connectivity index (χ0) is 21.3. The van der Waals surface area contributed by atoms with E-state index in [4.69, 9.17) is 9.26 Å². The van der Waals surface area contributed by atoms with Gasteiger partial charge in [-0.2, -0.15) is 4.98 Å². The van der Waals surface area contributed by atoms with E-state index >= 15 is 0 Å². The van der Waals surface area contributed by atoms with E-state index in [1.54, 1.807) is 41.5 Å². The molecule has 0 unspecified atom stereocenters. The van der Waals surface area contributed by atoms with Crippen molar-refractivity contribution in [2.75, 3.05) is 7.11 Å². The van der Waals surface area contributed by atoms with Crippen molar-refractivity contribution < 1.29 is 22.5 Å². The molecule has 0 aliphatic rings. The highest BCUT2D eigenvalue weighted by atomic mass is 32.2. The van der Waals surface area contributed by atoms with Crippen LogP contribution < -0.4 is 14.8 Å². The second-order valence-electron chi connectivity index (χ2n) is 7.94. The second-order valence-corrected chi connectivity index (χ2v) is 9.59. The highest BCUT2D eigenvalue weighted by Crippen LogP contribution is 2.27. The summed E-state index contributed by atoms with van der Waals surface area (Å²) in [4.78, 5) is 16.8. The summed E-state index contributed by atoms with van der Waals surface area (Å²) in [6, 6.07) is 4.21. The molecule has 0 fully saturated rings. The number of methoxy groups -OCH3 is 1. The van der Waals surface area contributed by atoms with Crippen molar-refractivity contribution in [1.82, 2.24) is 20.2 Å². The lowest BCUT2D eigenvalue weighted by atomic mass is 10.0. The van der Waals surface area contributed by atoms with E-state index in [1.165, 1.54) is 25.3 Å². The van der Waals surface area contributed by atoms with Crippen LogP contribution in [-0.4, -0.2) is 37.1 Å². The van der Waals surface area contributed by atoms with Gasteiger partial charge in [0.25, 0.3) is 5.91 Å². The number of carbonyl (C=O) groups excluding carboxylic acids is 1. The van der Waals surface area contributed by atoms with Crippen molar-refractivity contribution in [2.45, 2.75) is 57.5 Å². The van der Waals surface area contributed by atoms with Gasteiger partial charge in [0.05, 0.1) is 12.6 Å². The maximum atomic E-state index is 12.8. The van der Waals surface area contributed by atoms with Crippen molar-refractivity contribution in [1.29, 1.82) is 0 Å². The largest absolute Gasteiger partial charge is 0.495 e. The first kappa shape index (κ1) is 21.8. The summed E-state index contributed by atoms with van der Waals surface area (Å²) in [5.41, 5.74) is -1.46. The van der Waals surface area contributed by atoms with Gasteiger partial charge in [0, 0.05) is 18.0 Å². The van der Waals surface area contributed by atoms with Gasteiger partial charge in [-0.3, -0.25) is 4.79 Å². The van der Waals surface area contributed by atoms with Crippen LogP contribution in [0.15, 0.2) is 27.6 Å². The Bertz CT molecular complexity index is 974. The molecule has 0 aliphatic heterocycles. The van der Waals surface area contributed by atoms with Crippen molar-refractivity contribution in [3.8, 4) is 5.75 Å². The number of carbonyl (C=O) groups is 1. The molecule has 0 saturated carbocycles. The van der Waals surface area contributed by atoms with Crippen LogP contribution >= 0.6 is 0 Å². The van der Waals surface area contributed by atoms with Gasteiger partial charge in [-0.25, -0.2) is 13.1 Å². The Morgan fingerprint density at radius 1 is 1.18 bits per heavy atom. The maximum Gasteiger partial charge on any atom is 0.252 e. The normalized spacial score (nSPS) is 12.7. The van der Waals surface area contributed by atoms with E-state index < -0.39 is 27.0 Å². The van der Waals surface area contributed by atoms with Crippen molar-refractivity contribution >= 4 is 15.9 Å². The van der Waals surface area contributed by atoms with E-state index in [2.05, 4.69) is 20.2 Å². The second kappa shape index (κ2) is 7.51. The topological polar surface area (TPSA) is 123 Å². The molecule has 1 heterocycles. The standard InChI is InChI=1S/C18H26N4O5S/c1-11-19-16(21-27-11)18(5,6)20-15(23)12-8-9-13(26-7)14(10-12)28(24,25)22-17(2,3)4/h8-10,22H,1-7H3,(H,20,23). The van der Waals surface area contributed by atoms with Crippen molar-refractivity contribution in [3.63, 3.8) is 0 Å². The van der Waals surface area contributed by atoms with Crippen molar-refractivity contribution in [2.24, 2.45) is 0 Å². The van der Waals surface area contributed by atoms with Gasteiger partial charge in [0.1, 0.15) is 10.6 Å². The highest BCUT2D eigenvalue weighted by Gasteiger charge is 2.30. The summed E-state index contributed by atoms with van der Waals surface area (Å²) in [5, 5.41) is 6.62. The third-order valence-corrected chi connectivity index (χ3v) is 5.45. The fourth-order valence-electron chi connectivity index (χ4n) is 2.45. The number of hydrogen-bond acceptors (Lipinski definition) is 7. The molecule has 1 aromatic carbocycles. The molecule has 9 nitrogen and oxygen atoms in total. The van der Waals surface area contributed by atoms with Crippen LogP contribution in [0.4, 0.5) is 0 Å². The Kier molecular flexibility index (Phi) is 5.86. The minimum absolute atomic E-state index is 0.120. The Labute approximate surface area is 164 Å². The molecule has 1 amide bonds. The molecule has 154 valence electrons. The Balaban J connectivity index is 2.38. The molecule has 0 atom stereocenters. The van der Waals surface area contributed by atoms with Crippen molar-refractivity contribution in [3.05, 3.63) is 35.5 Å². The monoisotopic (exact) mass is 410 g/mol. The molecule has 0 aliphatic carbocycles. The Morgan fingerprint density at radius 3 is 2.32 bits per heavy atom. The summed E-state index contributed by atoms with van der Waals surface area (Å²) in [6.45, 7) is 10.3. The van der Waals surface area contributed by atoms with Gasteiger partial charge in [-0.15, -0.1) is 0 Å². The summed E-state index contributed by atoms with van der Waals surface area (Å²) < 4.78 is 38.2. The number of hydrogen-bond donors (Lipinski definition) is 2. The number of rotatable bonds is 6. The lowest BCUT2D eigenvalue weighted by Gasteiger charge is -2.23. The summed E-state index contributed by atoms with van der Waals surface area (Å²) in [5.74, 6) is 0.348. The van der Waals surface area contributed by atoms with E-state index in [9.17, 15) is 13.2 Å². The van der Waals surface area contributed by atoms with Gasteiger partial charge in [0.15, 0.2) is 5.82 Å². The number of aromatic nitrogens is 2. The number of benzene rings is 1. The fraction of sp³-hybridized carbons (Fsp3) is 0.500. The molecule has 0 radical (unpaired) electrons. The number of ether oxygens (including phenoxy) is 1. The molecule has 0 spiro atoms. The van der Waals surface area contributed by atoms with Gasteiger partial charge >= 0.3 is 0 Å². The van der Waals surface area contributed by atoms with Crippen LogP contribution in [0.2, 0.25) is 0 Å². The Hall–Kier alpha value is -2.46. The lowest BCUT2D eigenvalue weighted by molar-refractivity contribution is 0.0907. The molecule has 0 bridgehead atoms. The van der Waals surface area contributed by atoms with Crippen LogP contribution in [0.25, 0.3) is 0 Å². The number of amides is 1. The first-order valence-corrected chi connectivity index (χ1v) is 10.1. The van der Waals surface area contributed by atoms with Crippen LogP contribution in [0, 0.1) is 6.92 Å². The minimum atomic E-state index is -3.90. The third-order valence-electron chi connectivity index (χ3n) is 3.67. The maximum absolute atomic E-state index is 12.8. The number of sulfonamides is 1. The van der Waals surface area contributed by atoms with E-state index in [0.717, 1.165) is 0 Å². The minimum Gasteiger partial charge on any atom is -0.495 e. The zero-order valence-electron chi connectivity index (χ0n) is 17.1. The average molecular weight is 410 g/mol. The molecule has 1 aromatic heterocycles. The van der Waals surface area contributed by atoms with Gasteiger partial charge in [-0.1, -0.05) is 5.16 Å². The molecular weight excluding hydrogens is 384 g/mol. The van der Waals surface area contributed by atoms with Crippen LogP contribution in [0.5, 0.6) is 5.75 Å².